The summed E-state index contributed by atoms with van der Waals surface area (Å²) >= 11 is 0. The molecule has 0 spiro atoms. The number of hydrogen-bond acceptors (Lipinski definition) is 4. The van der Waals surface area contributed by atoms with Crippen LogP contribution in [0.1, 0.15) is 35.2 Å². The number of carbonyl (C=O) groups excluding carboxylic acids is 1. The monoisotopic (exact) mass is 466 g/mol. The molecule has 0 unspecified atom stereocenters. The Kier molecular flexibility index (Phi) is 7.43. The van der Waals surface area contributed by atoms with Crippen molar-refractivity contribution in [3.05, 3.63) is 89.0 Å². The molecule has 7 heteroatoms. The molecule has 0 aromatic heterocycles. The third-order valence-corrected chi connectivity index (χ3v) is 7.29. The third kappa shape index (κ3) is 5.54. The number of hydrogen-bond donors (Lipinski definition) is 1. The van der Waals surface area contributed by atoms with Crippen LogP contribution >= 0.6 is 0 Å². The summed E-state index contributed by atoms with van der Waals surface area (Å²) in [5.74, 6) is -0.0486. The number of ether oxygens (including phenoxy) is 1. The van der Waals surface area contributed by atoms with Crippen molar-refractivity contribution in [1.29, 1.82) is 0 Å². The molecule has 33 heavy (non-hydrogen) atoms. The molecule has 0 aliphatic heterocycles. The second-order valence-electron chi connectivity index (χ2n) is 8.15. The van der Waals surface area contributed by atoms with Crippen molar-refractivity contribution in [3.8, 4) is 5.75 Å². The van der Waals surface area contributed by atoms with E-state index in [1.165, 1.54) is 7.11 Å². The molecular formula is C26H30N2O4S. The lowest BCUT2D eigenvalue weighted by molar-refractivity contribution is -0.120. The first-order chi connectivity index (χ1) is 15.6. The summed E-state index contributed by atoms with van der Waals surface area (Å²) in [7, 11) is -2.55. The van der Waals surface area contributed by atoms with Gasteiger partial charge in [-0.1, -0.05) is 53.6 Å². The molecule has 1 atom stereocenters. The SMILES string of the molecule is COc1ccccc1N(CC(=O)N[C@@H](C)c1ccc(C)cc1C)S(=O)(=O)c1ccc(C)cc1. The molecule has 3 aromatic carbocycles. The Balaban J connectivity index is 1.94. The number of rotatable bonds is 8. The molecule has 0 heterocycles. The van der Waals surface area contributed by atoms with Gasteiger partial charge >= 0.3 is 0 Å². The second-order valence-corrected chi connectivity index (χ2v) is 10.0. The van der Waals surface area contributed by atoms with E-state index in [1.807, 2.05) is 39.8 Å². The van der Waals surface area contributed by atoms with E-state index in [1.54, 1.807) is 48.5 Å². The first kappa shape index (κ1) is 24.3. The van der Waals surface area contributed by atoms with Crippen LogP contribution in [0.2, 0.25) is 0 Å². The molecule has 0 bridgehead atoms. The van der Waals surface area contributed by atoms with Gasteiger partial charge in [0.15, 0.2) is 0 Å². The second kappa shape index (κ2) is 10.1. The standard InChI is InChI=1S/C26H30N2O4S/c1-18-10-13-22(14-11-18)33(30,31)28(24-8-6-7-9-25(24)32-5)17-26(29)27-21(4)23-15-12-19(2)16-20(23)3/h6-16,21H,17H2,1-5H3,(H,27,29)/t21-/m0/s1. The number of aryl methyl sites for hydroxylation is 3. The van der Waals surface area contributed by atoms with Gasteiger partial charge in [0, 0.05) is 0 Å². The van der Waals surface area contributed by atoms with E-state index >= 15 is 0 Å². The molecule has 0 saturated carbocycles. The molecule has 1 amide bonds. The quantitative estimate of drug-likeness (QED) is 0.522. The molecule has 0 fully saturated rings. The Morgan fingerprint density at radius 1 is 0.970 bits per heavy atom. The lowest BCUT2D eigenvalue weighted by Gasteiger charge is -2.26. The number of benzene rings is 3. The van der Waals surface area contributed by atoms with Crippen LogP contribution in [-0.4, -0.2) is 28.0 Å². The van der Waals surface area contributed by atoms with Crippen LogP contribution in [0.5, 0.6) is 5.75 Å². The summed E-state index contributed by atoms with van der Waals surface area (Å²) < 4.78 is 33.7. The fourth-order valence-electron chi connectivity index (χ4n) is 3.78. The summed E-state index contributed by atoms with van der Waals surface area (Å²) in [4.78, 5) is 13.2. The van der Waals surface area contributed by atoms with Crippen LogP contribution in [0.25, 0.3) is 0 Å². The number of carbonyl (C=O) groups is 1. The Hall–Kier alpha value is -3.32. The number of nitrogens with one attached hydrogen (secondary N) is 1. The molecule has 0 aliphatic rings. The maximum atomic E-state index is 13.6. The number of anilines is 1. The largest absolute Gasteiger partial charge is 0.495 e. The molecule has 174 valence electrons. The van der Waals surface area contributed by atoms with Gasteiger partial charge in [0.25, 0.3) is 10.0 Å². The molecule has 3 aromatic rings. The summed E-state index contributed by atoms with van der Waals surface area (Å²) in [6, 6.07) is 19.1. The zero-order chi connectivity index (χ0) is 24.2. The topological polar surface area (TPSA) is 75.7 Å². The number of methoxy groups -OCH3 is 1. The van der Waals surface area contributed by atoms with Gasteiger partial charge in [-0.2, -0.15) is 0 Å². The molecule has 0 radical (unpaired) electrons. The molecule has 0 aliphatic carbocycles. The average Bonchev–Trinajstić information content (AvgIpc) is 2.77. The van der Waals surface area contributed by atoms with Crippen molar-refractivity contribution >= 4 is 21.6 Å². The van der Waals surface area contributed by atoms with E-state index in [0.29, 0.717) is 11.4 Å². The van der Waals surface area contributed by atoms with Gasteiger partial charge in [-0.15, -0.1) is 0 Å². The molecular weight excluding hydrogens is 436 g/mol. The van der Waals surface area contributed by atoms with Crippen molar-refractivity contribution in [3.63, 3.8) is 0 Å². The Morgan fingerprint density at radius 3 is 2.24 bits per heavy atom. The van der Waals surface area contributed by atoms with Crippen LogP contribution < -0.4 is 14.4 Å². The van der Waals surface area contributed by atoms with Gasteiger partial charge in [0.05, 0.1) is 23.7 Å². The van der Waals surface area contributed by atoms with Crippen LogP contribution in [0, 0.1) is 20.8 Å². The normalized spacial score (nSPS) is 12.2. The number of nitrogens with zero attached hydrogens (tertiary/aromatic N) is 1. The molecule has 0 saturated heterocycles. The van der Waals surface area contributed by atoms with Crippen LogP contribution in [-0.2, 0) is 14.8 Å². The predicted molar refractivity (Wildman–Crippen MR) is 131 cm³/mol. The lowest BCUT2D eigenvalue weighted by Crippen LogP contribution is -2.41. The first-order valence-electron chi connectivity index (χ1n) is 10.7. The van der Waals surface area contributed by atoms with Crippen molar-refractivity contribution in [1.82, 2.24) is 5.32 Å². The highest BCUT2D eigenvalue weighted by Gasteiger charge is 2.29. The predicted octanol–water partition coefficient (Wildman–Crippen LogP) is 4.69. The van der Waals surface area contributed by atoms with E-state index in [4.69, 9.17) is 4.74 Å². The number of sulfonamides is 1. The minimum atomic E-state index is -4.02. The molecule has 3 rings (SSSR count). The van der Waals surface area contributed by atoms with Crippen molar-refractivity contribution in [2.24, 2.45) is 0 Å². The van der Waals surface area contributed by atoms with Gasteiger partial charge in [0.2, 0.25) is 5.91 Å². The maximum absolute atomic E-state index is 13.6. The van der Waals surface area contributed by atoms with Crippen LogP contribution in [0.4, 0.5) is 5.69 Å². The zero-order valence-electron chi connectivity index (χ0n) is 19.6. The molecule has 6 nitrogen and oxygen atoms in total. The van der Waals surface area contributed by atoms with Crippen LogP contribution in [0.15, 0.2) is 71.6 Å². The van der Waals surface area contributed by atoms with Gasteiger partial charge in [-0.25, -0.2) is 8.42 Å². The highest BCUT2D eigenvalue weighted by molar-refractivity contribution is 7.92. The molecule has 1 N–H and O–H groups in total. The Labute approximate surface area is 196 Å². The number of para-hydroxylation sites is 2. The summed E-state index contributed by atoms with van der Waals surface area (Å²) in [6.45, 7) is 7.40. The van der Waals surface area contributed by atoms with Crippen LogP contribution in [0.3, 0.4) is 0 Å². The highest BCUT2D eigenvalue weighted by atomic mass is 32.2. The van der Waals surface area contributed by atoms with E-state index in [-0.39, 0.29) is 17.5 Å². The average molecular weight is 467 g/mol. The van der Waals surface area contributed by atoms with Crippen molar-refractivity contribution in [2.45, 2.75) is 38.6 Å². The van der Waals surface area contributed by atoms with Gasteiger partial charge in [-0.3, -0.25) is 9.10 Å². The smallest absolute Gasteiger partial charge is 0.264 e. The minimum absolute atomic E-state index is 0.106. The summed E-state index contributed by atoms with van der Waals surface area (Å²) in [5, 5.41) is 2.94. The first-order valence-corrected chi connectivity index (χ1v) is 12.2. The zero-order valence-corrected chi connectivity index (χ0v) is 20.4. The van der Waals surface area contributed by atoms with E-state index in [2.05, 4.69) is 11.4 Å². The van der Waals surface area contributed by atoms with Gasteiger partial charge < -0.3 is 10.1 Å². The summed E-state index contributed by atoms with van der Waals surface area (Å²) in [6.07, 6.45) is 0. The fourth-order valence-corrected chi connectivity index (χ4v) is 5.21. The van der Waals surface area contributed by atoms with E-state index in [0.717, 1.165) is 26.6 Å². The Morgan fingerprint density at radius 2 is 1.61 bits per heavy atom. The minimum Gasteiger partial charge on any atom is -0.495 e. The van der Waals surface area contributed by atoms with Crippen molar-refractivity contribution in [2.75, 3.05) is 18.0 Å². The van der Waals surface area contributed by atoms with E-state index < -0.39 is 15.9 Å². The van der Waals surface area contributed by atoms with E-state index in [9.17, 15) is 13.2 Å². The van der Waals surface area contributed by atoms with Crippen molar-refractivity contribution < 1.29 is 17.9 Å². The van der Waals surface area contributed by atoms with Gasteiger partial charge in [0.1, 0.15) is 12.3 Å². The van der Waals surface area contributed by atoms with Gasteiger partial charge in [-0.05, 0) is 63.1 Å². The highest BCUT2D eigenvalue weighted by Crippen LogP contribution is 2.32. The fraction of sp³-hybridized carbons (Fsp3) is 0.269. The summed E-state index contributed by atoms with van der Waals surface area (Å²) in [5.41, 5.74) is 4.44. The Bertz CT molecular complexity index is 1240. The maximum Gasteiger partial charge on any atom is 0.264 e. The third-order valence-electron chi connectivity index (χ3n) is 5.52. The lowest BCUT2D eigenvalue weighted by atomic mass is 10.0. The number of amides is 1.